The molecule has 2 aromatic rings. The zero-order chi connectivity index (χ0) is 17.4. The van der Waals surface area contributed by atoms with Crippen LogP contribution in [0.3, 0.4) is 0 Å². The fourth-order valence-electron chi connectivity index (χ4n) is 3.80. The van der Waals surface area contributed by atoms with Gasteiger partial charge < -0.3 is 9.47 Å². The van der Waals surface area contributed by atoms with Crippen molar-refractivity contribution in [3.63, 3.8) is 0 Å². The summed E-state index contributed by atoms with van der Waals surface area (Å²) >= 11 is 0. The molecule has 1 atom stereocenters. The molecule has 1 aliphatic carbocycles. The van der Waals surface area contributed by atoms with Gasteiger partial charge in [0.15, 0.2) is 11.5 Å². The summed E-state index contributed by atoms with van der Waals surface area (Å²) < 4.78 is 11.6. The SMILES string of the molecule is COc1ccc(N2C(=O)c3ncccc3C2C)cc1OC1CCCC1. The minimum absolute atomic E-state index is 0.0519. The summed E-state index contributed by atoms with van der Waals surface area (Å²) in [5.41, 5.74) is 2.30. The van der Waals surface area contributed by atoms with E-state index >= 15 is 0 Å². The lowest BCUT2D eigenvalue weighted by molar-refractivity contribution is 0.0988. The third-order valence-electron chi connectivity index (χ3n) is 5.12. The van der Waals surface area contributed by atoms with Crippen LogP contribution in [0.4, 0.5) is 5.69 Å². The highest BCUT2D eigenvalue weighted by Gasteiger charge is 2.36. The minimum Gasteiger partial charge on any atom is -0.493 e. The quantitative estimate of drug-likeness (QED) is 0.841. The van der Waals surface area contributed by atoms with Crippen LogP contribution >= 0.6 is 0 Å². The van der Waals surface area contributed by atoms with Gasteiger partial charge >= 0.3 is 0 Å². The van der Waals surface area contributed by atoms with E-state index in [1.54, 1.807) is 18.2 Å². The standard InChI is InChI=1S/C20H22N2O3/c1-13-16-8-5-11-21-19(16)20(23)22(13)14-9-10-17(24-2)18(12-14)25-15-6-3-4-7-15/h5,8-13,15H,3-4,6-7H2,1-2H3. The molecule has 1 aliphatic heterocycles. The van der Waals surface area contributed by atoms with Crippen molar-refractivity contribution in [2.75, 3.05) is 12.0 Å². The van der Waals surface area contributed by atoms with Crippen LogP contribution in [0.15, 0.2) is 36.5 Å². The lowest BCUT2D eigenvalue weighted by Crippen LogP contribution is -2.26. The molecule has 0 bridgehead atoms. The van der Waals surface area contributed by atoms with Gasteiger partial charge in [0.2, 0.25) is 0 Å². The smallest absolute Gasteiger partial charge is 0.277 e. The summed E-state index contributed by atoms with van der Waals surface area (Å²) in [5, 5.41) is 0. The Bertz CT molecular complexity index is 799. The van der Waals surface area contributed by atoms with E-state index in [1.165, 1.54) is 12.8 Å². The average Bonchev–Trinajstić information content (AvgIpc) is 3.23. The third-order valence-corrected chi connectivity index (χ3v) is 5.12. The van der Waals surface area contributed by atoms with Gasteiger partial charge in [0, 0.05) is 23.5 Å². The van der Waals surface area contributed by atoms with Crippen molar-refractivity contribution in [1.82, 2.24) is 4.98 Å². The number of fused-ring (bicyclic) bond motifs is 1. The molecule has 1 fully saturated rings. The fourth-order valence-corrected chi connectivity index (χ4v) is 3.80. The normalized spacial score (nSPS) is 20.0. The Morgan fingerprint density at radius 3 is 2.68 bits per heavy atom. The maximum Gasteiger partial charge on any atom is 0.277 e. The van der Waals surface area contributed by atoms with Crippen LogP contribution in [-0.4, -0.2) is 24.1 Å². The van der Waals surface area contributed by atoms with Crippen LogP contribution < -0.4 is 14.4 Å². The van der Waals surface area contributed by atoms with E-state index in [0.29, 0.717) is 17.2 Å². The second kappa shape index (κ2) is 6.39. The summed E-state index contributed by atoms with van der Waals surface area (Å²) in [6.07, 6.45) is 6.44. The van der Waals surface area contributed by atoms with E-state index in [0.717, 1.165) is 24.1 Å². The van der Waals surface area contributed by atoms with Crippen molar-refractivity contribution in [3.05, 3.63) is 47.8 Å². The van der Waals surface area contributed by atoms with E-state index in [4.69, 9.17) is 9.47 Å². The molecule has 5 nitrogen and oxygen atoms in total. The molecule has 1 saturated carbocycles. The van der Waals surface area contributed by atoms with Gasteiger partial charge in [-0.1, -0.05) is 6.07 Å². The number of benzene rings is 1. The number of rotatable bonds is 4. The Morgan fingerprint density at radius 1 is 1.16 bits per heavy atom. The average molecular weight is 338 g/mol. The van der Waals surface area contributed by atoms with Crippen molar-refractivity contribution in [2.24, 2.45) is 0 Å². The van der Waals surface area contributed by atoms with Gasteiger partial charge in [-0.3, -0.25) is 14.7 Å². The molecule has 1 aromatic carbocycles. The number of amides is 1. The zero-order valence-electron chi connectivity index (χ0n) is 14.6. The highest BCUT2D eigenvalue weighted by atomic mass is 16.5. The van der Waals surface area contributed by atoms with Crippen LogP contribution in [0.1, 0.15) is 54.7 Å². The minimum atomic E-state index is -0.0694. The number of methoxy groups -OCH3 is 1. The second-order valence-electron chi connectivity index (χ2n) is 6.65. The molecule has 0 N–H and O–H groups in total. The maximum absolute atomic E-state index is 12.8. The van der Waals surface area contributed by atoms with Crippen molar-refractivity contribution in [1.29, 1.82) is 0 Å². The number of hydrogen-bond donors (Lipinski definition) is 0. The third kappa shape index (κ3) is 2.73. The van der Waals surface area contributed by atoms with Gasteiger partial charge in [0.05, 0.1) is 19.3 Å². The van der Waals surface area contributed by atoms with Gasteiger partial charge in [-0.05, 0) is 50.8 Å². The van der Waals surface area contributed by atoms with Crippen LogP contribution in [0.25, 0.3) is 0 Å². The Labute approximate surface area is 147 Å². The lowest BCUT2D eigenvalue weighted by Gasteiger charge is -2.24. The predicted molar refractivity (Wildman–Crippen MR) is 95.3 cm³/mol. The highest BCUT2D eigenvalue weighted by Crippen LogP contribution is 2.40. The van der Waals surface area contributed by atoms with E-state index in [9.17, 15) is 4.79 Å². The molecule has 4 rings (SSSR count). The second-order valence-corrected chi connectivity index (χ2v) is 6.65. The molecule has 0 saturated heterocycles. The number of aromatic nitrogens is 1. The molecule has 25 heavy (non-hydrogen) atoms. The van der Waals surface area contributed by atoms with Gasteiger partial charge in [0.25, 0.3) is 5.91 Å². The first-order chi connectivity index (χ1) is 12.2. The molecular weight excluding hydrogens is 316 g/mol. The molecule has 5 heteroatoms. The van der Waals surface area contributed by atoms with Crippen molar-refractivity contribution in [3.8, 4) is 11.5 Å². The number of anilines is 1. The number of pyridine rings is 1. The molecule has 2 heterocycles. The first kappa shape index (κ1) is 15.9. The van der Waals surface area contributed by atoms with Gasteiger partial charge in [0.1, 0.15) is 5.69 Å². The lowest BCUT2D eigenvalue weighted by atomic mass is 10.1. The first-order valence-electron chi connectivity index (χ1n) is 8.82. The summed E-state index contributed by atoms with van der Waals surface area (Å²) in [4.78, 5) is 18.8. The van der Waals surface area contributed by atoms with Gasteiger partial charge in [-0.15, -0.1) is 0 Å². The monoisotopic (exact) mass is 338 g/mol. The number of carbonyl (C=O) groups excluding carboxylic acids is 1. The van der Waals surface area contributed by atoms with E-state index in [2.05, 4.69) is 4.98 Å². The number of ether oxygens (including phenoxy) is 2. The largest absolute Gasteiger partial charge is 0.493 e. The Kier molecular flexibility index (Phi) is 4.07. The molecule has 0 radical (unpaired) electrons. The molecule has 1 unspecified atom stereocenters. The summed E-state index contributed by atoms with van der Waals surface area (Å²) in [5.74, 6) is 1.33. The van der Waals surface area contributed by atoms with E-state index in [1.807, 2.05) is 37.3 Å². The molecule has 2 aliphatic rings. The Balaban J connectivity index is 1.68. The summed E-state index contributed by atoms with van der Waals surface area (Å²) in [6, 6.07) is 9.47. The summed E-state index contributed by atoms with van der Waals surface area (Å²) in [7, 11) is 1.64. The highest BCUT2D eigenvalue weighted by molar-refractivity contribution is 6.09. The molecule has 1 amide bonds. The van der Waals surface area contributed by atoms with E-state index < -0.39 is 0 Å². The van der Waals surface area contributed by atoms with Crippen molar-refractivity contribution >= 4 is 11.6 Å². The van der Waals surface area contributed by atoms with Crippen LogP contribution in [0, 0.1) is 0 Å². The maximum atomic E-state index is 12.8. The molecular formula is C20H22N2O3. The predicted octanol–water partition coefficient (Wildman–Crippen LogP) is 4.13. The number of nitrogens with zero attached hydrogens (tertiary/aromatic N) is 2. The molecule has 130 valence electrons. The van der Waals surface area contributed by atoms with Crippen LogP contribution in [0.2, 0.25) is 0 Å². The number of carbonyl (C=O) groups is 1. The first-order valence-corrected chi connectivity index (χ1v) is 8.82. The van der Waals surface area contributed by atoms with Crippen LogP contribution in [0.5, 0.6) is 11.5 Å². The van der Waals surface area contributed by atoms with Crippen LogP contribution in [-0.2, 0) is 0 Å². The molecule has 1 aromatic heterocycles. The Morgan fingerprint density at radius 2 is 1.96 bits per heavy atom. The van der Waals surface area contributed by atoms with Crippen molar-refractivity contribution < 1.29 is 14.3 Å². The van der Waals surface area contributed by atoms with Gasteiger partial charge in [-0.25, -0.2) is 0 Å². The van der Waals surface area contributed by atoms with E-state index in [-0.39, 0.29) is 18.1 Å². The molecule has 0 spiro atoms. The Hall–Kier alpha value is -2.56. The van der Waals surface area contributed by atoms with Gasteiger partial charge in [-0.2, -0.15) is 0 Å². The zero-order valence-corrected chi connectivity index (χ0v) is 14.6. The number of hydrogen-bond acceptors (Lipinski definition) is 4. The fraction of sp³-hybridized carbons (Fsp3) is 0.400. The van der Waals surface area contributed by atoms with Crippen molar-refractivity contribution in [2.45, 2.75) is 44.8 Å². The summed E-state index contributed by atoms with van der Waals surface area (Å²) in [6.45, 7) is 2.02. The topological polar surface area (TPSA) is 51.7 Å².